The van der Waals surface area contributed by atoms with Crippen molar-refractivity contribution in [3.8, 4) is 0 Å². The van der Waals surface area contributed by atoms with Crippen molar-refractivity contribution in [3.05, 3.63) is 40.7 Å². The van der Waals surface area contributed by atoms with Crippen molar-refractivity contribution < 1.29 is 9.50 Å². The van der Waals surface area contributed by atoms with Crippen molar-refractivity contribution in [3.63, 3.8) is 0 Å². The monoisotopic (exact) mass is 276 g/mol. The standard InChI is InChI=1S/C15H17FN2O2/c16-11-4-5-12-13(8-11)17-10-18(14(12)19)9-15(20)6-2-1-3-7-15/h4-5,8,10,20H,1-3,6-7,9H2. The van der Waals surface area contributed by atoms with Crippen LogP contribution in [0.1, 0.15) is 32.1 Å². The minimum Gasteiger partial charge on any atom is -0.388 e. The van der Waals surface area contributed by atoms with E-state index < -0.39 is 11.4 Å². The molecule has 1 aliphatic rings. The van der Waals surface area contributed by atoms with Gasteiger partial charge in [-0.05, 0) is 25.0 Å². The van der Waals surface area contributed by atoms with Crippen LogP contribution >= 0.6 is 0 Å². The van der Waals surface area contributed by atoms with Gasteiger partial charge in [0.2, 0.25) is 0 Å². The van der Waals surface area contributed by atoms with E-state index in [-0.39, 0.29) is 12.1 Å². The molecule has 1 aliphatic carbocycles. The Morgan fingerprint density at radius 2 is 2.05 bits per heavy atom. The second-order valence-electron chi connectivity index (χ2n) is 5.62. The molecule has 0 spiro atoms. The Morgan fingerprint density at radius 3 is 2.80 bits per heavy atom. The number of halogens is 1. The molecule has 0 unspecified atom stereocenters. The summed E-state index contributed by atoms with van der Waals surface area (Å²) >= 11 is 0. The molecule has 1 fully saturated rings. The zero-order valence-electron chi connectivity index (χ0n) is 11.2. The first-order valence-electron chi connectivity index (χ1n) is 6.95. The fourth-order valence-electron chi connectivity index (χ4n) is 2.93. The second kappa shape index (κ2) is 4.98. The van der Waals surface area contributed by atoms with Gasteiger partial charge in [0.15, 0.2) is 0 Å². The van der Waals surface area contributed by atoms with Crippen LogP contribution in [0.5, 0.6) is 0 Å². The zero-order valence-corrected chi connectivity index (χ0v) is 11.2. The quantitative estimate of drug-likeness (QED) is 0.915. The molecule has 1 saturated carbocycles. The number of rotatable bonds is 2. The molecule has 4 nitrogen and oxygen atoms in total. The molecule has 0 atom stereocenters. The summed E-state index contributed by atoms with van der Waals surface area (Å²) < 4.78 is 14.5. The van der Waals surface area contributed by atoms with Gasteiger partial charge >= 0.3 is 0 Å². The maximum absolute atomic E-state index is 13.1. The average Bonchev–Trinajstić information content (AvgIpc) is 2.43. The minimum atomic E-state index is -0.822. The number of fused-ring (bicyclic) bond motifs is 1. The van der Waals surface area contributed by atoms with E-state index in [0.717, 1.165) is 19.3 Å². The van der Waals surface area contributed by atoms with Crippen molar-refractivity contribution in [1.29, 1.82) is 0 Å². The highest BCUT2D eigenvalue weighted by molar-refractivity contribution is 5.77. The van der Waals surface area contributed by atoms with Gasteiger partial charge in [0.05, 0.1) is 29.4 Å². The number of aliphatic hydroxyl groups is 1. The summed E-state index contributed by atoms with van der Waals surface area (Å²) in [6.45, 7) is 0.256. The molecule has 0 radical (unpaired) electrons. The molecule has 3 rings (SSSR count). The van der Waals surface area contributed by atoms with Crippen molar-refractivity contribution in [1.82, 2.24) is 9.55 Å². The van der Waals surface area contributed by atoms with Crippen molar-refractivity contribution in [2.24, 2.45) is 0 Å². The van der Waals surface area contributed by atoms with Crippen LogP contribution in [0.3, 0.4) is 0 Å². The fraction of sp³-hybridized carbons (Fsp3) is 0.467. The number of benzene rings is 1. The van der Waals surface area contributed by atoms with Crippen LogP contribution in [0.25, 0.3) is 10.9 Å². The molecule has 5 heteroatoms. The van der Waals surface area contributed by atoms with E-state index in [1.54, 1.807) is 0 Å². The van der Waals surface area contributed by atoms with Gasteiger partial charge in [-0.3, -0.25) is 9.36 Å². The molecular weight excluding hydrogens is 259 g/mol. The largest absolute Gasteiger partial charge is 0.388 e. The van der Waals surface area contributed by atoms with Gasteiger partial charge in [-0.1, -0.05) is 19.3 Å². The highest BCUT2D eigenvalue weighted by atomic mass is 19.1. The lowest BCUT2D eigenvalue weighted by Gasteiger charge is -2.32. The van der Waals surface area contributed by atoms with Crippen molar-refractivity contribution in [2.75, 3.05) is 0 Å². The molecular formula is C15H17FN2O2. The van der Waals surface area contributed by atoms with E-state index in [1.807, 2.05) is 0 Å². The third-order valence-corrected chi connectivity index (χ3v) is 4.04. The van der Waals surface area contributed by atoms with Gasteiger partial charge < -0.3 is 5.11 Å². The van der Waals surface area contributed by atoms with Gasteiger partial charge in [-0.15, -0.1) is 0 Å². The van der Waals surface area contributed by atoms with Crippen LogP contribution in [0.2, 0.25) is 0 Å². The molecule has 0 amide bonds. The van der Waals surface area contributed by atoms with E-state index in [4.69, 9.17) is 0 Å². The lowest BCUT2D eigenvalue weighted by molar-refractivity contribution is -0.0123. The summed E-state index contributed by atoms with van der Waals surface area (Å²) in [6, 6.07) is 3.95. The summed E-state index contributed by atoms with van der Waals surface area (Å²) in [4.78, 5) is 16.5. The molecule has 1 aromatic carbocycles. The molecule has 1 N–H and O–H groups in total. The van der Waals surface area contributed by atoms with E-state index in [1.165, 1.54) is 29.1 Å². The predicted molar refractivity (Wildman–Crippen MR) is 74.0 cm³/mol. The molecule has 20 heavy (non-hydrogen) atoms. The summed E-state index contributed by atoms with van der Waals surface area (Å²) in [7, 11) is 0. The lowest BCUT2D eigenvalue weighted by atomic mass is 9.85. The lowest BCUT2D eigenvalue weighted by Crippen LogP contribution is -2.39. The summed E-state index contributed by atoms with van der Waals surface area (Å²) in [6.07, 6.45) is 5.92. The minimum absolute atomic E-state index is 0.228. The second-order valence-corrected chi connectivity index (χ2v) is 5.62. The average molecular weight is 276 g/mol. The number of nitrogens with zero attached hydrogens (tertiary/aromatic N) is 2. The van der Waals surface area contributed by atoms with Crippen LogP contribution in [-0.2, 0) is 6.54 Å². The molecule has 0 saturated heterocycles. The Hall–Kier alpha value is -1.75. The SMILES string of the molecule is O=c1c2ccc(F)cc2ncn1CC1(O)CCCCC1. The Bertz CT molecular complexity index is 690. The van der Waals surface area contributed by atoms with Crippen LogP contribution in [-0.4, -0.2) is 20.3 Å². The summed E-state index contributed by atoms with van der Waals surface area (Å²) in [5.41, 5.74) is -0.701. The first-order chi connectivity index (χ1) is 9.57. The fourth-order valence-corrected chi connectivity index (χ4v) is 2.93. The smallest absolute Gasteiger partial charge is 0.261 e. The van der Waals surface area contributed by atoms with Gasteiger partial charge in [-0.2, -0.15) is 0 Å². The van der Waals surface area contributed by atoms with E-state index in [9.17, 15) is 14.3 Å². The Balaban J connectivity index is 1.98. The number of hydrogen-bond acceptors (Lipinski definition) is 3. The molecule has 1 heterocycles. The topological polar surface area (TPSA) is 55.1 Å². The highest BCUT2D eigenvalue weighted by Gasteiger charge is 2.30. The first-order valence-corrected chi connectivity index (χ1v) is 6.95. The van der Waals surface area contributed by atoms with Crippen molar-refractivity contribution in [2.45, 2.75) is 44.2 Å². The maximum atomic E-state index is 13.1. The highest BCUT2D eigenvalue weighted by Crippen LogP contribution is 2.29. The third-order valence-electron chi connectivity index (χ3n) is 4.04. The van der Waals surface area contributed by atoms with Gasteiger partial charge in [0, 0.05) is 6.07 Å². The summed E-state index contributed by atoms with van der Waals surface area (Å²) in [5.74, 6) is -0.409. The number of aromatic nitrogens is 2. The maximum Gasteiger partial charge on any atom is 0.261 e. The summed E-state index contributed by atoms with van der Waals surface area (Å²) in [5, 5.41) is 10.9. The van der Waals surface area contributed by atoms with E-state index in [0.29, 0.717) is 23.7 Å². The van der Waals surface area contributed by atoms with Crippen LogP contribution in [0, 0.1) is 5.82 Å². The van der Waals surface area contributed by atoms with Crippen LogP contribution in [0.4, 0.5) is 4.39 Å². The van der Waals surface area contributed by atoms with Crippen molar-refractivity contribution >= 4 is 10.9 Å². The van der Waals surface area contributed by atoms with Crippen LogP contribution < -0.4 is 5.56 Å². The molecule has 1 aromatic heterocycles. The van der Waals surface area contributed by atoms with Gasteiger partial charge in [0.1, 0.15) is 5.82 Å². The molecule has 2 aromatic rings. The van der Waals surface area contributed by atoms with E-state index >= 15 is 0 Å². The number of hydrogen-bond donors (Lipinski definition) is 1. The normalized spacial score (nSPS) is 18.3. The Morgan fingerprint density at radius 1 is 1.30 bits per heavy atom. The molecule has 0 bridgehead atoms. The van der Waals surface area contributed by atoms with Gasteiger partial charge in [-0.25, -0.2) is 9.37 Å². The predicted octanol–water partition coefficient (Wildman–Crippen LogP) is 2.23. The molecule has 106 valence electrons. The first kappa shape index (κ1) is 13.2. The van der Waals surface area contributed by atoms with E-state index in [2.05, 4.69) is 4.98 Å². The zero-order chi connectivity index (χ0) is 14.2. The van der Waals surface area contributed by atoms with Gasteiger partial charge in [0.25, 0.3) is 5.56 Å². The Labute approximate surface area is 115 Å². The Kier molecular flexibility index (Phi) is 3.30. The molecule has 0 aliphatic heterocycles. The van der Waals surface area contributed by atoms with Crippen LogP contribution in [0.15, 0.2) is 29.3 Å². The third kappa shape index (κ3) is 2.45.